The molecule has 6 nitrogen and oxygen atoms in total. The molecule has 4 rings (SSSR count). The molecule has 30 heavy (non-hydrogen) atoms. The van der Waals surface area contributed by atoms with Crippen LogP contribution in [0.1, 0.15) is 30.8 Å². The summed E-state index contributed by atoms with van der Waals surface area (Å²) in [4.78, 5) is 13.5. The summed E-state index contributed by atoms with van der Waals surface area (Å²) in [7, 11) is 0. The van der Waals surface area contributed by atoms with Gasteiger partial charge in [-0.25, -0.2) is 15.0 Å². The molecule has 0 spiro atoms. The number of aromatic nitrogens is 3. The van der Waals surface area contributed by atoms with Gasteiger partial charge in [-0.3, -0.25) is 0 Å². The summed E-state index contributed by atoms with van der Waals surface area (Å²) in [6.45, 7) is 4.62. The van der Waals surface area contributed by atoms with Gasteiger partial charge in [0.25, 0.3) is 0 Å². The number of thiazole rings is 1. The zero-order valence-corrected chi connectivity index (χ0v) is 17.8. The molecule has 7 heteroatoms. The summed E-state index contributed by atoms with van der Waals surface area (Å²) in [6, 6.07) is 16.2. The van der Waals surface area contributed by atoms with E-state index in [9.17, 15) is 0 Å². The summed E-state index contributed by atoms with van der Waals surface area (Å²) >= 11 is 1.62. The fourth-order valence-electron chi connectivity index (χ4n) is 3.24. The van der Waals surface area contributed by atoms with E-state index in [1.54, 1.807) is 11.3 Å². The number of aliphatic hydroxyl groups excluding tert-OH is 1. The molecule has 1 atom stereocenters. The number of ether oxygens (including phenoxy) is 1. The Bertz CT molecular complexity index is 1140. The van der Waals surface area contributed by atoms with E-state index in [1.807, 2.05) is 48.8 Å². The molecule has 2 N–H and O–H groups in total. The minimum absolute atomic E-state index is 0.0394. The molecular formula is C23H24N4O2S. The molecule has 0 fully saturated rings. The van der Waals surface area contributed by atoms with Crippen molar-refractivity contribution in [3.63, 3.8) is 0 Å². The van der Waals surface area contributed by atoms with Crippen LogP contribution in [-0.4, -0.2) is 33.3 Å². The highest BCUT2D eigenvalue weighted by atomic mass is 32.1. The Morgan fingerprint density at radius 2 is 2.03 bits per heavy atom. The van der Waals surface area contributed by atoms with Crippen molar-refractivity contribution >= 4 is 27.4 Å². The maximum absolute atomic E-state index is 8.91. The molecule has 2 aromatic heterocycles. The van der Waals surface area contributed by atoms with Crippen molar-refractivity contribution in [1.29, 1.82) is 0 Å². The van der Waals surface area contributed by atoms with E-state index in [-0.39, 0.29) is 12.6 Å². The van der Waals surface area contributed by atoms with Crippen molar-refractivity contribution in [3.8, 4) is 17.0 Å². The number of hydrogen-bond donors (Lipinski definition) is 2. The predicted molar refractivity (Wildman–Crippen MR) is 121 cm³/mol. The Balaban J connectivity index is 1.54. The molecule has 0 amide bonds. The van der Waals surface area contributed by atoms with Gasteiger partial charge in [-0.2, -0.15) is 0 Å². The lowest BCUT2D eigenvalue weighted by molar-refractivity contribution is 0.233. The van der Waals surface area contributed by atoms with Gasteiger partial charge >= 0.3 is 0 Å². The first-order chi connectivity index (χ1) is 14.6. The van der Waals surface area contributed by atoms with Crippen LogP contribution in [0.2, 0.25) is 0 Å². The quantitative estimate of drug-likeness (QED) is 0.391. The van der Waals surface area contributed by atoms with Gasteiger partial charge in [0.15, 0.2) is 0 Å². The van der Waals surface area contributed by atoms with Gasteiger partial charge < -0.3 is 15.2 Å². The Morgan fingerprint density at radius 3 is 2.90 bits per heavy atom. The normalized spacial score (nSPS) is 12.1. The number of nitrogens with one attached hydrogen (secondary N) is 1. The predicted octanol–water partition coefficient (Wildman–Crippen LogP) is 5.00. The second-order valence-corrected chi connectivity index (χ2v) is 7.97. The number of anilines is 1. The molecule has 1 unspecified atom stereocenters. The number of aryl methyl sites for hydroxylation is 1. The minimum Gasteiger partial charge on any atom is -0.493 e. The zero-order chi connectivity index (χ0) is 20.9. The molecule has 2 aromatic carbocycles. The lowest BCUT2D eigenvalue weighted by atomic mass is 10.1. The molecular weight excluding hydrogens is 396 g/mol. The van der Waals surface area contributed by atoms with Gasteiger partial charge in [0.05, 0.1) is 34.1 Å². The van der Waals surface area contributed by atoms with E-state index in [2.05, 4.69) is 39.3 Å². The third kappa shape index (κ3) is 4.75. The van der Waals surface area contributed by atoms with Crippen LogP contribution in [0.3, 0.4) is 0 Å². The highest BCUT2D eigenvalue weighted by Crippen LogP contribution is 2.28. The third-order valence-corrected chi connectivity index (χ3v) is 5.55. The molecule has 0 saturated carbocycles. The molecule has 2 heterocycles. The fourth-order valence-corrected chi connectivity index (χ4v) is 3.95. The van der Waals surface area contributed by atoms with Gasteiger partial charge in [-0.15, -0.1) is 11.3 Å². The molecule has 0 aliphatic heterocycles. The standard InChI is InChI=1S/C23H24N4O2S/c1-15(17-5-3-6-19(11-17)29-10-4-9-28)25-23-13-21(26-16(2)27-23)18-7-8-20-22(12-18)30-14-24-20/h3,5-8,11-15,28H,4,9-10H2,1-2H3,(H,25,26,27). The molecule has 0 aliphatic carbocycles. The molecule has 0 saturated heterocycles. The second kappa shape index (κ2) is 9.19. The Hall–Kier alpha value is -3.03. The summed E-state index contributed by atoms with van der Waals surface area (Å²) in [6.07, 6.45) is 0.619. The van der Waals surface area contributed by atoms with Gasteiger partial charge in [0.2, 0.25) is 0 Å². The van der Waals surface area contributed by atoms with Crippen LogP contribution >= 0.6 is 11.3 Å². The summed E-state index contributed by atoms with van der Waals surface area (Å²) in [5, 5.41) is 12.4. The largest absolute Gasteiger partial charge is 0.493 e. The van der Waals surface area contributed by atoms with E-state index in [0.29, 0.717) is 18.9 Å². The number of rotatable bonds is 8. The fraction of sp³-hybridized carbons (Fsp3) is 0.261. The maximum atomic E-state index is 8.91. The minimum atomic E-state index is 0.0394. The zero-order valence-electron chi connectivity index (χ0n) is 17.0. The molecule has 4 aromatic rings. The monoisotopic (exact) mass is 420 g/mol. The molecule has 0 radical (unpaired) electrons. The first-order valence-corrected chi connectivity index (χ1v) is 10.8. The first-order valence-electron chi connectivity index (χ1n) is 9.92. The number of nitrogens with zero attached hydrogens (tertiary/aromatic N) is 3. The lowest BCUT2D eigenvalue weighted by Gasteiger charge is -2.17. The van der Waals surface area contributed by atoms with Gasteiger partial charge in [0.1, 0.15) is 17.4 Å². The van der Waals surface area contributed by atoms with Crippen molar-refractivity contribution in [2.45, 2.75) is 26.3 Å². The Labute approximate surface area is 179 Å². The Kier molecular flexibility index (Phi) is 6.21. The average molecular weight is 421 g/mol. The highest BCUT2D eigenvalue weighted by molar-refractivity contribution is 7.16. The Morgan fingerprint density at radius 1 is 1.13 bits per heavy atom. The third-order valence-electron chi connectivity index (χ3n) is 4.76. The maximum Gasteiger partial charge on any atom is 0.130 e. The average Bonchev–Trinajstić information content (AvgIpc) is 3.21. The topological polar surface area (TPSA) is 80.2 Å². The second-order valence-electron chi connectivity index (χ2n) is 7.08. The van der Waals surface area contributed by atoms with E-state index >= 15 is 0 Å². The smallest absolute Gasteiger partial charge is 0.130 e. The summed E-state index contributed by atoms with van der Waals surface area (Å²) in [5.74, 6) is 2.29. The van der Waals surface area contributed by atoms with Crippen LogP contribution in [0.15, 0.2) is 54.0 Å². The lowest BCUT2D eigenvalue weighted by Crippen LogP contribution is -2.09. The van der Waals surface area contributed by atoms with Crippen LogP contribution in [-0.2, 0) is 0 Å². The van der Waals surface area contributed by atoms with E-state index in [4.69, 9.17) is 9.84 Å². The van der Waals surface area contributed by atoms with Crippen molar-refractivity contribution in [2.24, 2.45) is 0 Å². The number of hydrogen-bond acceptors (Lipinski definition) is 7. The van der Waals surface area contributed by atoms with Crippen LogP contribution in [0.25, 0.3) is 21.5 Å². The van der Waals surface area contributed by atoms with E-state index in [0.717, 1.165) is 38.6 Å². The number of fused-ring (bicyclic) bond motifs is 1. The summed E-state index contributed by atoms with van der Waals surface area (Å²) < 4.78 is 6.84. The van der Waals surface area contributed by atoms with Crippen molar-refractivity contribution in [1.82, 2.24) is 15.0 Å². The summed E-state index contributed by atoms with van der Waals surface area (Å²) in [5.41, 5.74) is 5.89. The van der Waals surface area contributed by atoms with Crippen LogP contribution in [0.4, 0.5) is 5.82 Å². The molecule has 0 bridgehead atoms. The molecule has 154 valence electrons. The van der Waals surface area contributed by atoms with Gasteiger partial charge in [-0.05, 0) is 43.7 Å². The van der Waals surface area contributed by atoms with Crippen LogP contribution < -0.4 is 10.1 Å². The van der Waals surface area contributed by atoms with Crippen LogP contribution in [0.5, 0.6) is 5.75 Å². The van der Waals surface area contributed by atoms with Gasteiger partial charge in [0, 0.05) is 24.7 Å². The first kappa shape index (κ1) is 20.3. The van der Waals surface area contributed by atoms with Crippen molar-refractivity contribution < 1.29 is 9.84 Å². The molecule has 0 aliphatic rings. The SMILES string of the molecule is Cc1nc(NC(C)c2cccc(OCCCO)c2)cc(-c2ccc3ncsc3c2)n1. The number of aliphatic hydroxyl groups is 1. The van der Waals surface area contributed by atoms with E-state index < -0.39 is 0 Å². The highest BCUT2D eigenvalue weighted by Gasteiger charge is 2.11. The van der Waals surface area contributed by atoms with Crippen molar-refractivity contribution in [2.75, 3.05) is 18.5 Å². The van der Waals surface area contributed by atoms with Crippen LogP contribution in [0, 0.1) is 6.92 Å². The van der Waals surface area contributed by atoms with Gasteiger partial charge in [-0.1, -0.05) is 18.2 Å². The van der Waals surface area contributed by atoms with Crippen molar-refractivity contribution in [3.05, 3.63) is 65.4 Å². The number of benzene rings is 2. The van der Waals surface area contributed by atoms with E-state index in [1.165, 1.54) is 0 Å².